The van der Waals surface area contributed by atoms with Crippen LogP contribution in [0.3, 0.4) is 0 Å². The molecule has 1 atom stereocenters. The summed E-state index contributed by atoms with van der Waals surface area (Å²) >= 11 is 4.16. The van der Waals surface area contributed by atoms with Gasteiger partial charge in [-0.2, -0.15) is 12.6 Å². The first kappa shape index (κ1) is 14.8. The number of Topliss-reactive ketones (excluding diaryl/α,β-unsaturated/α-hetero) is 1. The summed E-state index contributed by atoms with van der Waals surface area (Å²) in [4.78, 5) is 10.8. The van der Waals surface area contributed by atoms with Crippen molar-refractivity contribution in [3.05, 3.63) is 11.6 Å². The van der Waals surface area contributed by atoms with Crippen LogP contribution in [0.2, 0.25) is 0 Å². The predicted octanol–water partition coefficient (Wildman–Crippen LogP) is 4.04. The molecule has 0 heterocycles. The van der Waals surface area contributed by atoms with Crippen LogP contribution in [0.25, 0.3) is 0 Å². The minimum atomic E-state index is 0.313. The molecular weight excluding hydrogens is 204 g/mol. The maximum absolute atomic E-state index is 10.8. The predicted molar refractivity (Wildman–Crippen MR) is 70.5 cm³/mol. The lowest BCUT2D eigenvalue weighted by Crippen LogP contribution is -1.99. The number of hydrogen-bond donors (Lipinski definition) is 1. The minimum absolute atomic E-state index is 0.313. The van der Waals surface area contributed by atoms with E-state index < -0.39 is 0 Å². The van der Waals surface area contributed by atoms with Crippen molar-refractivity contribution < 1.29 is 4.79 Å². The second-order valence-corrected chi connectivity index (χ2v) is 4.84. The number of rotatable bonds is 8. The van der Waals surface area contributed by atoms with Gasteiger partial charge in [-0.15, -0.1) is 0 Å². The Kier molecular flexibility index (Phi) is 8.88. The Bertz CT molecular complexity index is 209. The van der Waals surface area contributed by atoms with Crippen molar-refractivity contribution in [3.63, 3.8) is 0 Å². The number of hydrogen-bond acceptors (Lipinski definition) is 2. The molecule has 0 rings (SSSR count). The molecule has 0 aromatic carbocycles. The molecule has 0 aromatic heterocycles. The zero-order valence-corrected chi connectivity index (χ0v) is 11.1. The standard InChI is InChI=1S/C13H24OS/c1-11(7-8-13(3)14)5-4-6-12(2)9-10-15/h9,11,15H,4-8,10H2,1-3H3/b12-9+. The first-order valence-corrected chi connectivity index (χ1v) is 6.45. The summed E-state index contributed by atoms with van der Waals surface area (Å²) in [5.74, 6) is 1.83. The highest BCUT2D eigenvalue weighted by Crippen LogP contribution is 2.16. The zero-order valence-electron chi connectivity index (χ0n) is 10.3. The van der Waals surface area contributed by atoms with Crippen molar-refractivity contribution in [2.45, 2.75) is 52.9 Å². The van der Waals surface area contributed by atoms with Gasteiger partial charge in [-0.3, -0.25) is 0 Å². The van der Waals surface area contributed by atoms with Gasteiger partial charge in [-0.05, 0) is 39.0 Å². The van der Waals surface area contributed by atoms with E-state index in [4.69, 9.17) is 0 Å². The Labute approximate surface area is 99.7 Å². The van der Waals surface area contributed by atoms with Crippen molar-refractivity contribution in [3.8, 4) is 0 Å². The lowest BCUT2D eigenvalue weighted by molar-refractivity contribution is -0.117. The van der Waals surface area contributed by atoms with Crippen LogP contribution in [0.15, 0.2) is 11.6 Å². The lowest BCUT2D eigenvalue weighted by Gasteiger charge is -2.09. The zero-order chi connectivity index (χ0) is 11.7. The Hall–Kier alpha value is -0.240. The molecule has 0 aliphatic carbocycles. The largest absolute Gasteiger partial charge is 0.300 e. The first-order valence-electron chi connectivity index (χ1n) is 5.82. The number of allylic oxidation sites excluding steroid dienone is 1. The van der Waals surface area contributed by atoms with E-state index in [0.717, 1.165) is 18.6 Å². The van der Waals surface area contributed by atoms with Gasteiger partial charge in [0.2, 0.25) is 0 Å². The summed E-state index contributed by atoms with van der Waals surface area (Å²) < 4.78 is 0. The fourth-order valence-corrected chi connectivity index (χ4v) is 1.89. The quantitative estimate of drug-likeness (QED) is 0.490. The average Bonchev–Trinajstić information content (AvgIpc) is 2.15. The Morgan fingerprint density at radius 2 is 1.93 bits per heavy atom. The van der Waals surface area contributed by atoms with Crippen LogP contribution < -0.4 is 0 Å². The molecule has 15 heavy (non-hydrogen) atoms. The fourth-order valence-electron chi connectivity index (χ4n) is 1.58. The van der Waals surface area contributed by atoms with Crippen LogP contribution in [-0.2, 0) is 4.79 Å². The molecule has 0 saturated carbocycles. The highest BCUT2D eigenvalue weighted by Gasteiger charge is 2.03. The molecule has 1 nitrogen and oxygen atoms in total. The minimum Gasteiger partial charge on any atom is -0.300 e. The van der Waals surface area contributed by atoms with E-state index in [1.165, 1.54) is 24.8 Å². The molecular formula is C13H24OS. The van der Waals surface area contributed by atoms with Gasteiger partial charge in [0.05, 0.1) is 0 Å². The summed E-state index contributed by atoms with van der Waals surface area (Å²) in [6.07, 6.45) is 7.59. The Morgan fingerprint density at radius 1 is 1.27 bits per heavy atom. The third-order valence-electron chi connectivity index (χ3n) is 2.70. The second kappa shape index (κ2) is 9.02. The highest BCUT2D eigenvalue weighted by molar-refractivity contribution is 7.80. The van der Waals surface area contributed by atoms with Gasteiger partial charge in [0.1, 0.15) is 5.78 Å². The molecule has 0 spiro atoms. The Morgan fingerprint density at radius 3 is 2.47 bits per heavy atom. The summed E-state index contributed by atoms with van der Waals surface area (Å²) in [6, 6.07) is 0. The van der Waals surface area contributed by atoms with Crippen LogP contribution in [0, 0.1) is 5.92 Å². The number of carbonyl (C=O) groups is 1. The van der Waals surface area contributed by atoms with Gasteiger partial charge in [0, 0.05) is 12.2 Å². The molecule has 0 fully saturated rings. The molecule has 0 N–H and O–H groups in total. The van der Waals surface area contributed by atoms with Crippen LogP contribution >= 0.6 is 12.6 Å². The highest BCUT2D eigenvalue weighted by atomic mass is 32.1. The molecule has 0 amide bonds. The van der Waals surface area contributed by atoms with E-state index in [0.29, 0.717) is 11.7 Å². The van der Waals surface area contributed by atoms with E-state index in [9.17, 15) is 4.79 Å². The van der Waals surface area contributed by atoms with Crippen LogP contribution in [0.1, 0.15) is 52.9 Å². The van der Waals surface area contributed by atoms with Crippen LogP contribution in [0.4, 0.5) is 0 Å². The van der Waals surface area contributed by atoms with Gasteiger partial charge >= 0.3 is 0 Å². The van der Waals surface area contributed by atoms with E-state index in [1.807, 2.05) is 0 Å². The number of carbonyl (C=O) groups excluding carboxylic acids is 1. The fraction of sp³-hybridized carbons (Fsp3) is 0.769. The summed E-state index contributed by atoms with van der Waals surface area (Å²) in [5.41, 5.74) is 1.43. The third-order valence-corrected chi connectivity index (χ3v) is 2.88. The monoisotopic (exact) mass is 228 g/mol. The molecule has 0 saturated heterocycles. The summed E-state index contributed by atoms with van der Waals surface area (Å²) in [5, 5.41) is 0. The molecule has 0 aliphatic heterocycles. The normalized spacial score (nSPS) is 14.0. The SMILES string of the molecule is CC(=O)CCC(C)CCC/C(C)=C/CS. The van der Waals surface area contributed by atoms with Crippen molar-refractivity contribution >= 4 is 18.4 Å². The summed E-state index contributed by atoms with van der Waals surface area (Å²) in [6.45, 7) is 6.07. The van der Waals surface area contributed by atoms with Gasteiger partial charge in [-0.25, -0.2) is 0 Å². The molecule has 88 valence electrons. The third kappa shape index (κ3) is 10.1. The molecule has 0 aromatic rings. The molecule has 0 aliphatic rings. The molecule has 0 bridgehead atoms. The van der Waals surface area contributed by atoms with E-state index >= 15 is 0 Å². The van der Waals surface area contributed by atoms with E-state index in [1.54, 1.807) is 6.92 Å². The van der Waals surface area contributed by atoms with Gasteiger partial charge < -0.3 is 4.79 Å². The van der Waals surface area contributed by atoms with E-state index in [2.05, 4.69) is 32.6 Å². The average molecular weight is 228 g/mol. The number of ketones is 1. The van der Waals surface area contributed by atoms with Crippen molar-refractivity contribution in [1.29, 1.82) is 0 Å². The number of thiol groups is 1. The molecule has 0 radical (unpaired) electrons. The molecule has 2 heteroatoms. The molecule has 1 unspecified atom stereocenters. The Balaban J connectivity index is 3.50. The lowest BCUT2D eigenvalue weighted by atomic mass is 9.96. The summed E-state index contributed by atoms with van der Waals surface area (Å²) in [7, 11) is 0. The van der Waals surface area contributed by atoms with Crippen molar-refractivity contribution in [2.24, 2.45) is 5.92 Å². The van der Waals surface area contributed by atoms with Crippen molar-refractivity contribution in [2.75, 3.05) is 5.75 Å². The topological polar surface area (TPSA) is 17.1 Å². The maximum atomic E-state index is 10.8. The van der Waals surface area contributed by atoms with Gasteiger partial charge in [0.15, 0.2) is 0 Å². The van der Waals surface area contributed by atoms with Gasteiger partial charge in [-0.1, -0.05) is 25.0 Å². The second-order valence-electron chi connectivity index (χ2n) is 4.47. The first-order chi connectivity index (χ1) is 7.06. The smallest absolute Gasteiger partial charge is 0.129 e. The maximum Gasteiger partial charge on any atom is 0.129 e. The van der Waals surface area contributed by atoms with Crippen LogP contribution in [-0.4, -0.2) is 11.5 Å². The van der Waals surface area contributed by atoms with Crippen LogP contribution in [0.5, 0.6) is 0 Å². The van der Waals surface area contributed by atoms with Gasteiger partial charge in [0.25, 0.3) is 0 Å². The van der Waals surface area contributed by atoms with Crippen molar-refractivity contribution in [1.82, 2.24) is 0 Å². The van der Waals surface area contributed by atoms with E-state index in [-0.39, 0.29) is 0 Å².